The zero-order valence-corrected chi connectivity index (χ0v) is 15.5. The Morgan fingerprint density at radius 2 is 2.26 bits per heavy atom. The Morgan fingerprint density at radius 1 is 1.48 bits per heavy atom. The van der Waals surface area contributed by atoms with Gasteiger partial charge in [-0.2, -0.15) is 0 Å². The van der Waals surface area contributed by atoms with Crippen LogP contribution in [0.2, 0.25) is 0 Å². The molecule has 3 unspecified atom stereocenters. The number of amides is 1. The van der Waals surface area contributed by atoms with Crippen molar-refractivity contribution < 1.29 is 9.18 Å². The van der Waals surface area contributed by atoms with Crippen molar-refractivity contribution in [2.45, 2.75) is 45.6 Å². The lowest BCUT2D eigenvalue weighted by Gasteiger charge is -2.28. The number of carbonyl (C=O) groups is 1. The number of hydrogen-bond acceptors (Lipinski definition) is 2. The molecule has 0 saturated carbocycles. The highest BCUT2D eigenvalue weighted by Crippen LogP contribution is 2.22. The molecular weight excluding hydrogens is 359 g/mol. The molecule has 0 aromatic heterocycles. The molecule has 1 aromatic rings. The standard InChI is InChI=1S/C18H26BrFN2O/c1-12(15-4-3-7-21-11-15)8-18(23)22-13(2)9-14-5-6-17(20)16(19)10-14/h5-6,10,12-13,15,21H,3-4,7-9,11H2,1-2H3,(H,22,23). The Kier molecular flexibility index (Phi) is 7.03. The molecule has 1 fully saturated rings. The number of nitrogens with one attached hydrogen (secondary N) is 2. The largest absolute Gasteiger partial charge is 0.353 e. The fraction of sp³-hybridized carbons (Fsp3) is 0.611. The second kappa shape index (κ2) is 8.78. The van der Waals surface area contributed by atoms with Crippen LogP contribution in [0.25, 0.3) is 0 Å². The van der Waals surface area contributed by atoms with Gasteiger partial charge in [-0.05, 0) is 84.7 Å². The van der Waals surface area contributed by atoms with E-state index < -0.39 is 0 Å². The minimum Gasteiger partial charge on any atom is -0.353 e. The Labute approximate surface area is 146 Å². The molecule has 5 heteroatoms. The molecule has 2 rings (SSSR count). The van der Waals surface area contributed by atoms with Crippen LogP contribution in [0.4, 0.5) is 4.39 Å². The zero-order chi connectivity index (χ0) is 16.8. The van der Waals surface area contributed by atoms with Gasteiger partial charge < -0.3 is 10.6 Å². The average molecular weight is 385 g/mol. The van der Waals surface area contributed by atoms with Crippen LogP contribution in [-0.2, 0) is 11.2 Å². The summed E-state index contributed by atoms with van der Waals surface area (Å²) in [7, 11) is 0. The lowest BCUT2D eigenvalue weighted by atomic mass is 9.85. The molecule has 3 nitrogen and oxygen atoms in total. The third kappa shape index (κ3) is 5.88. The minimum absolute atomic E-state index is 0.0385. The van der Waals surface area contributed by atoms with Gasteiger partial charge in [0.1, 0.15) is 5.82 Å². The van der Waals surface area contributed by atoms with E-state index in [1.807, 2.05) is 6.92 Å². The molecule has 1 amide bonds. The van der Waals surface area contributed by atoms with Crippen LogP contribution in [0.15, 0.2) is 22.7 Å². The molecule has 0 radical (unpaired) electrons. The van der Waals surface area contributed by atoms with E-state index in [1.165, 1.54) is 18.9 Å². The number of rotatable bonds is 6. The fourth-order valence-corrected chi connectivity index (χ4v) is 3.65. The van der Waals surface area contributed by atoms with Gasteiger partial charge in [0.2, 0.25) is 5.91 Å². The third-order valence-corrected chi connectivity index (χ3v) is 5.19. The number of carbonyl (C=O) groups excluding carboxylic acids is 1. The van der Waals surface area contributed by atoms with Crippen molar-refractivity contribution in [1.82, 2.24) is 10.6 Å². The highest BCUT2D eigenvalue weighted by Gasteiger charge is 2.22. The van der Waals surface area contributed by atoms with Crippen molar-refractivity contribution in [3.63, 3.8) is 0 Å². The van der Waals surface area contributed by atoms with E-state index in [2.05, 4.69) is 33.5 Å². The van der Waals surface area contributed by atoms with E-state index in [0.717, 1.165) is 18.7 Å². The minimum atomic E-state index is -0.264. The molecule has 0 aliphatic carbocycles. The normalized spacial score (nSPS) is 20.8. The summed E-state index contributed by atoms with van der Waals surface area (Å²) in [6.07, 6.45) is 3.68. The Morgan fingerprint density at radius 3 is 2.91 bits per heavy atom. The number of piperidine rings is 1. The molecule has 128 valence electrons. The first kappa shape index (κ1) is 18.4. The first-order valence-corrected chi connectivity index (χ1v) is 9.19. The molecular formula is C18H26BrFN2O. The van der Waals surface area contributed by atoms with Crippen molar-refractivity contribution in [2.24, 2.45) is 11.8 Å². The van der Waals surface area contributed by atoms with Crippen LogP contribution < -0.4 is 10.6 Å². The van der Waals surface area contributed by atoms with Gasteiger partial charge in [0.15, 0.2) is 0 Å². The number of hydrogen-bond donors (Lipinski definition) is 2. The molecule has 23 heavy (non-hydrogen) atoms. The Balaban J connectivity index is 1.78. The van der Waals surface area contributed by atoms with Crippen molar-refractivity contribution in [2.75, 3.05) is 13.1 Å². The molecule has 1 saturated heterocycles. The predicted octanol–water partition coefficient (Wildman–Crippen LogP) is 3.66. The van der Waals surface area contributed by atoms with Crippen LogP contribution in [0.1, 0.15) is 38.7 Å². The summed E-state index contributed by atoms with van der Waals surface area (Å²) >= 11 is 3.20. The molecule has 0 spiro atoms. The van der Waals surface area contributed by atoms with Crippen molar-refractivity contribution in [3.8, 4) is 0 Å². The number of benzene rings is 1. The van der Waals surface area contributed by atoms with E-state index >= 15 is 0 Å². The second-order valence-electron chi connectivity index (χ2n) is 6.71. The van der Waals surface area contributed by atoms with Crippen molar-refractivity contribution in [3.05, 3.63) is 34.1 Å². The molecule has 1 aliphatic heterocycles. The topological polar surface area (TPSA) is 41.1 Å². The molecule has 2 N–H and O–H groups in total. The van der Waals surface area contributed by atoms with Crippen molar-refractivity contribution >= 4 is 21.8 Å². The quantitative estimate of drug-likeness (QED) is 0.785. The molecule has 1 aliphatic rings. The molecule has 1 aromatic carbocycles. The summed E-state index contributed by atoms with van der Waals surface area (Å²) in [5, 5.41) is 6.47. The predicted molar refractivity (Wildman–Crippen MR) is 94.8 cm³/mol. The van der Waals surface area contributed by atoms with E-state index in [9.17, 15) is 9.18 Å². The van der Waals surface area contributed by atoms with Crippen LogP contribution >= 0.6 is 15.9 Å². The highest BCUT2D eigenvalue weighted by atomic mass is 79.9. The summed E-state index contributed by atoms with van der Waals surface area (Å²) in [6, 6.07) is 5.02. The van der Waals surface area contributed by atoms with Gasteiger partial charge in [-0.25, -0.2) is 4.39 Å². The first-order valence-electron chi connectivity index (χ1n) is 8.39. The smallest absolute Gasteiger partial charge is 0.220 e. The van der Waals surface area contributed by atoms with Gasteiger partial charge in [0.05, 0.1) is 4.47 Å². The third-order valence-electron chi connectivity index (χ3n) is 4.58. The summed E-state index contributed by atoms with van der Waals surface area (Å²) in [4.78, 5) is 12.2. The maximum absolute atomic E-state index is 13.2. The van der Waals surface area contributed by atoms with Gasteiger partial charge >= 0.3 is 0 Å². The van der Waals surface area contributed by atoms with Gasteiger partial charge in [-0.3, -0.25) is 4.79 Å². The average Bonchev–Trinajstić information content (AvgIpc) is 2.51. The Bertz CT molecular complexity index is 532. The van der Waals surface area contributed by atoms with Crippen molar-refractivity contribution in [1.29, 1.82) is 0 Å². The van der Waals surface area contributed by atoms with Gasteiger partial charge in [0.25, 0.3) is 0 Å². The summed E-state index contributed by atoms with van der Waals surface area (Å²) < 4.78 is 13.7. The SMILES string of the molecule is CC(Cc1ccc(F)c(Br)c1)NC(=O)CC(C)C1CCCNC1. The van der Waals surface area contributed by atoms with Crippen LogP contribution in [0.5, 0.6) is 0 Å². The maximum Gasteiger partial charge on any atom is 0.220 e. The van der Waals surface area contributed by atoms with Crippen LogP contribution in [-0.4, -0.2) is 25.0 Å². The van der Waals surface area contributed by atoms with Gasteiger partial charge in [0, 0.05) is 12.5 Å². The van der Waals surface area contributed by atoms with E-state index in [0.29, 0.717) is 29.2 Å². The summed E-state index contributed by atoms with van der Waals surface area (Å²) in [5.74, 6) is 0.838. The lowest BCUT2D eigenvalue weighted by Crippen LogP contribution is -2.38. The summed E-state index contributed by atoms with van der Waals surface area (Å²) in [6.45, 7) is 6.27. The van der Waals surface area contributed by atoms with Crippen LogP contribution in [0.3, 0.4) is 0 Å². The Hall–Kier alpha value is -0.940. The zero-order valence-electron chi connectivity index (χ0n) is 13.9. The number of halogens is 2. The van der Waals surface area contributed by atoms with Gasteiger partial charge in [-0.1, -0.05) is 13.0 Å². The second-order valence-corrected chi connectivity index (χ2v) is 7.56. The van der Waals surface area contributed by atoms with E-state index in [1.54, 1.807) is 12.1 Å². The monoisotopic (exact) mass is 384 g/mol. The summed E-state index contributed by atoms with van der Waals surface area (Å²) in [5.41, 5.74) is 1.01. The maximum atomic E-state index is 13.2. The lowest BCUT2D eigenvalue weighted by molar-refractivity contribution is -0.122. The molecule has 1 heterocycles. The molecule has 3 atom stereocenters. The van der Waals surface area contributed by atoms with E-state index in [-0.39, 0.29) is 17.8 Å². The van der Waals surface area contributed by atoms with E-state index in [4.69, 9.17) is 0 Å². The molecule has 0 bridgehead atoms. The fourth-order valence-electron chi connectivity index (χ4n) is 3.23. The first-order chi connectivity index (χ1) is 11.0. The highest BCUT2D eigenvalue weighted by molar-refractivity contribution is 9.10. The van der Waals surface area contributed by atoms with Gasteiger partial charge in [-0.15, -0.1) is 0 Å². The van der Waals surface area contributed by atoms with Crippen LogP contribution in [0, 0.1) is 17.7 Å².